The third-order valence-electron chi connectivity index (χ3n) is 7.27. The molecule has 1 N–H and O–H groups in total. The average Bonchev–Trinajstić information content (AvgIpc) is 3.31. The zero-order chi connectivity index (χ0) is 27.0. The first-order valence-corrected chi connectivity index (χ1v) is 12.0. The summed E-state index contributed by atoms with van der Waals surface area (Å²) < 4.78 is 17.0. The quantitative estimate of drug-likeness (QED) is 0.277. The fourth-order valence-electron chi connectivity index (χ4n) is 5.68. The van der Waals surface area contributed by atoms with Gasteiger partial charge in [0, 0.05) is 28.2 Å². The van der Waals surface area contributed by atoms with Crippen molar-refractivity contribution in [2.45, 2.75) is 36.6 Å². The van der Waals surface area contributed by atoms with Crippen LogP contribution < -0.4 is 14.8 Å². The summed E-state index contributed by atoms with van der Waals surface area (Å²) in [6.07, 6.45) is -1.13. The second kappa shape index (κ2) is 9.75. The molecule has 11 heteroatoms. The molecule has 2 aliphatic rings. The van der Waals surface area contributed by atoms with Crippen molar-refractivity contribution in [3.8, 4) is 11.5 Å². The molecule has 0 saturated carbocycles. The van der Waals surface area contributed by atoms with Crippen LogP contribution in [0.15, 0.2) is 72.8 Å². The summed E-state index contributed by atoms with van der Waals surface area (Å²) in [6, 6.07) is 17.1. The van der Waals surface area contributed by atoms with Crippen molar-refractivity contribution in [1.82, 2.24) is 5.32 Å². The fraction of sp³-hybridized carbons (Fsp3) is 0.296. The van der Waals surface area contributed by atoms with Crippen molar-refractivity contribution >= 4 is 11.7 Å². The zero-order valence-corrected chi connectivity index (χ0v) is 20.6. The molecule has 2 heterocycles. The van der Waals surface area contributed by atoms with E-state index in [-0.39, 0.29) is 17.2 Å². The largest absolute Gasteiger partial charge is 0.497 e. The zero-order valence-electron chi connectivity index (χ0n) is 20.6. The van der Waals surface area contributed by atoms with Gasteiger partial charge in [0.05, 0.1) is 24.6 Å². The van der Waals surface area contributed by atoms with Crippen LogP contribution in [0.4, 0.5) is 5.69 Å². The molecule has 5 rings (SSSR count). The molecule has 1 unspecified atom stereocenters. The summed E-state index contributed by atoms with van der Waals surface area (Å²) in [7, 11) is 1.52. The first-order valence-electron chi connectivity index (χ1n) is 12.0. The number of non-ortho nitro benzene ring substituents is 1. The molecular weight excluding hydrogens is 494 g/mol. The monoisotopic (exact) mass is 519 g/mol. The molecule has 0 aliphatic carbocycles. The minimum Gasteiger partial charge on any atom is -0.497 e. The van der Waals surface area contributed by atoms with Crippen LogP contribution in [-0.4, -0.2) is 41.1 Å². The molecule has 5 atom stereocenters. The normalized spacial score (nSPS) is 25.4. The fourth-order valence-corrected chi connectivity index (χ4v) is 5.68. The number of benzene rings is 3. The Morgan fingerprint density at radius 3 is 2.26 bits per heavy atom. The molecule has 0 aromatic heterocycles. The summed E-state index contributed by atoms with van der Waals surface area (Å²) in [5, 5.41) is 27.8. The average molecular weight is 520 g/mol. The summed E-state index contributed by atoms with van der Waals surface area (Å²) in [6.45, 7) is 1.76. The lowest BCUT2D eigenvalue weighted by Gasteiger charge is -2.42. The van der Waals surface area contributed by atoms with Crippen LogP contribution in [0.25, 0.3) is 0 Å². The molecule has 1 fully saturated rings. The van der Waals surface area contributed by atoms with Gasteiger partial charge in [-0.1, -0.05) is 42.5 Å². The summed E-state index contributed by atoms with van der Waals surface area (Å²) >= 11 is 0. The number of esters is 1. The maximum absolute atomic E-state index is 13.4. The van der Waals surface area contributed by atoms with E-state index in [2.05, 4.69) is 5.32 Å². The van der Waals surface area contributed by atoms with Crippen molar-refractivity contribution in [3.63, 3.8) is 0 Å². The van der Waals surface area contributed by atoms with E-state index >= 15 is 0 Å². The van der Waals surface area contributed by atoms with Crippen LogP contribution in [0.5, 0.6) is 11.5 Å². The van der Waals surface area contributed by atoms with Crippen LogP contribution in [0, 0.1) is 20.2 Å². The first-order chi connectivity index (χ1) is 18.3. The van der Waals surface area contributed by atoms with Gasteiger partial charge in [-0.3, -0.25) is 30.3 Å². The second-order valence-corrected chi connectivity index (χ2v) is 9.11. The number of hydrogen-bond acceptors (Lipinski definition) is 9. The number of fused-ring (bicyclic) bond motifs is 3. The predicted octanol–water partition coefficient (Wildman–Crippen LogP) is 4.11. The highest BCUT2D eigenvalue weighted by Gasteiger charge is 2.74. The molecule has 2 aliphatic heterocycles. The number of hydrogen-bond donors (Lipinski definition) is 1. The SMILES string of the molecule is CCOC(=O)[C@H]1N[C@@H](c2ccc([N+](=O)[O-])cc2)[C@@]2([N+](=O)[O-])C(c3ccc(OC)cc3)Oc3ccccc3[C@@H]12. The number of rotatable bonds is 7. The summed E-state index contributed by atoms with van der Waals surface area (Å²) in [4.78, 5) is 37.0. The lowest BCUT2D eigenvalue weighted by atomic mass is 9.67. The van der Waals surface area contributed by atoms with Crippen molar-refractivity contribution in [2.75, 3.05) is 13.7 Å². The first kappa shape index (κ1) is 25.2. The van der Waals surface area contributed by atoms with Gasteiger partial charge in [-0.2, -0.15) is 0 Å². The van der Waals surface area contributed by atoms with Gasteiger partial charge < -0.3 is 14.2 Å². The molecule has 11 nitrogen and oxygen atoms in total. The molecule has 38 heavy (non-hydrogen) atoms. The number of carbonyl (C=O) groups is 1. The third-order valence-corrected chi connectivity index (χ3v) is 7.27. The topological polar surface area (TPSA) is 143 Å². The Balaban J connectivity index is 1.77. The molecule has 1 saturated heterocycles. The van der Waals surface area contributed by atoms with Gasteiger partial charge in [0.15, 0.2) is 6.10 Å². The highest BCUT2D eigenvalue weighted by Crippen LogP contribution is 2.60. The summed E-state index contributed by atoms with van der Waals surface area (Å²) in [5.41, 5.74) is -0.650. The van der Waals surface area contributed by atoms with Crippen molar-refractivity contribution in [2.24, 2.45) is 0 Å². The number of carbonyl (C=O) groups excluding carboxylic acids is 1. The van der Waals surface area contributed by atoms with Crippen molar-refractivity contribution in [3.05, 3.63) is 110 Å². The minimum atomic E-state index is -1.92. The van der Waals surface area contributed by atoms with Gasteiger partial charge in [-0.25, -0.2) is 0 Å². The Labute approximate surface area is 217 Å². The molecule has 3 aromatic carbocycles. The van der Waals surface area contributed by atoms with Crippen LogP contribution >= 0.6 is 0 Å². The van der Waals surface area contributed by atoms with E-state index < -0.39 is 40.5 Å². The Morgan fingerprint density at radius 2 is 1.66 bits per heavy atom. The van der Waals surface area contributed by atoms with E-state index in [1.54, 1.807) is 55.5 Å². The highest BCUT2D eigenvalue weighted by atomic mass is 16.6. The Kier molecular flexibility index (Phi) is 6.45. The Bertz CT molecular complexity index is 1380. The van der Waals surface area contributed by atoms with E-state index in [9.17, 15) is 25.0 Å². The maximum atomic E-state index is 13.4. The van der Waals surface area contributed by atoms with Gasteiger partial charge in [-0.05, 0) is 30.7 Å². The standard InChI is InChI=1S/C27H25N3O8/c1-3-37-26(31)23-22-20-6-4-5-7-21(20)38-25(17-10-14-19(36-2)15-11-17)27(22,30(34)35)24(28-23)16-8-12-18(13-9-16)29(32)33/h4-15,22-25,28H,3H2,1-2H3/t22-,23-,24-,25?,27+/m0/s1. The van der Waals surface area contributed by atoms with Gasteiger partial charge in [0.25, 0.3) is 11.2 Å². The van der Waals surface area contributed by atoms with Crippen LogP contribution in [0.3, 0.4) is 0 Å². The molecular formula is C27H25N3O8. The number of para-hydroxylation sites is 1. The number of ether oxygens (including phenoxy) is 3. The van der Waals surface area contributed by atoms with Gasteiger partial charge >= 0.3 is 5.97 Å². The number of nitro benzene ring substituents is 1. The Hall–Kier alpha value is -4.51. The van der Waals surface area contributed by atoms with Crippen molar-refractivity contribution in [1.29, 1.82) is 0 Å². The third kappa shape index (κ3) is 3.82. The van der Waals surface area contributed by atoms with Gasteiger partial charge in [-0.15, -0.1) is 0 Å². The van der Waals surface area contributed by atoms with Crippen LogP contribution in [0.1, 0.15) is 41.7 Å². The van der Waals surface area contributed by atoms with Crippen LogP contribution in [0.2, 0.25) is 0 Å². The second-order valence-electron chi connectivity index (χ2n) is 9.11. The number of nitrogens with zero attached hydrogens (tertiary/aromatic N) is 2. The lowest BCUT2D eigenvalue weighted by molar-refractivity contribution is -0.591. The van der Waals surface area contributed by atoms with Crippen LogP contribution in [-0.2, 0) is 9.53 Å². The van der Waals surface area contributed by atoms with E-state index in [1.807, 2.05) is 0 Å². The van der Waals surface area contributed by atoms with E-state index in [0.717, 1.165) is 0 Å². The highest BCUT2D eigenvalue weighted by molar-refractivity contribution is 5.79. The van der Waals surface area contributed by atoms with Crippen molar-refractivity contribution < 1.29 is 28.9 Å². The summed E-state index contributed by atoms with van der Waals surface area (Å²) in [5.74, 6) is -0.610. The van der Waals surface area contributed by atoms with E-state index in [1.165, 1.54) is 31.4 Å². The minimum absolute atomic E-state index is 0.0947. The molecule has 196 valence electrons. The molecule has 0 spiro atoms. The predicted molar refractivity (Wildman–Crippen MR) is 135 cm³/mol. The number of methoxy groups -OCH3 is 1. The number of nitrogens with one attached hydrogen (secondary N) is 1. The Morgan fingerprint density at radius 1 is 1.00 bits per heavy atom. The van der Waals surface area contributed by atoms with E-state index in [4.69, 9.17) is 14.2 Å². The van der Waals surface area contributed by atoms with Gasteiger partial charge in [0.1, 0.15) is 23.6 Å². The molecule has 0 amide bonds. The maximum Gasteiger partial charge on any atom is 0.324 e. The van der Waals surface area contributed by atoms with Gasteiger partial charge in [0.2, 0.25) is 0 Å². The lowest BCUT2D eigenvalue weighted by Crippen LogP contribution is -2.56. The molecule has 0 radical (unpaired) electrons. The van der Waals surface area contributed by atoms with E-state index in [0.29, 0.717) is 28.2 Å². The molecule has 3 aromatic rings. The molecule has 0 bridgehead atoms. The number of nitro groups is 2. The smallest absolute Gasteiger partial charge is 0.324 e.